The number of ether oxygens (including phenoxy) is 2. The van der Waals surface area contributed by atoms with Crippen LogP contribution in [0.4, 0.5) is 31.1 Å². The first-order chi connectivity index (χ1) is 14.8. The number of hydrogen-bond donors (Lipinski definition) is 0. The number of fused-ring (bicyclic) bond motifs is 1. The molecule has 0 saturated carbocycles. The first-order valence-electron chi connectivity index (χ1n) is 10.2. The van der Waals surface area contributed by atoms with E-state index in [0.29, 0.717) is 31.9 Å². The van der Waals surface area contributed by atoms with E-state index >= 15 is 0 Å². The van der Waals surface area contributed by atoms with E-state index in [4.69, 9.17) is 4.74 Å². The van der Waals surface area contributed by atoms with Gasteiger partial charge in [0, 0.05) is 32.7 Å². The molecule has 0 spiro atoms. The van der Waals surface area contributed by atoms with Crippen LogP contribution >= 0.6 is 0 Å². The third-order valence-corrected chi connectivity index (χ3v) is 5.74. The van der Waals surface area contributed by atoms with Crippen molar-refractivity contribution < 1.29 is 50.0 Å². The molecule has 2 unspecified atom stereocenters. The molecule has 0 aromatic heterocycles. The summed E-state index contributed by atoms with van der Waals surface area (Å²) in [4.78, 5) is 27.1. The highest BCUT2D eigenvalue weighted by Crippen LogP contribution is 2.37. The molecule has 32 heavy (non-hydrogen) atoms. The van der Waals surface area contributed by atoms with Gasteiger partial charge in [-0.05, 0) is 25.7 Å². The van der Waals surface area contributed by atoms with E-state index in [9.17, 15) is 35.9 Å². The molecular weight excluding hydrogens is 448 g/mol. The van der Waals surface area contributed by atoms with Crippen LogP contribution in [0.25, 0.3) is 0 Å². The van der Waals surface area contributed by atoms with Crippen molar-refractivity contribution >= 4 is 17.8 Å². The summed E-state index contributed by atoms with van der Waals surface area (Å²) in [7, 11) is 0. The Labute approximate surface area is 180 Å². The smallest absolute Gasteiger partial charge is 0.434 e. The van der Waals surface area contributed by atoms with Gasteiger partial charge in [0.2, 0.25) is 0 Å². The van der Waals surface area contributed by atoms with Crippen LogP contribution in [-0.4, -0.2) is 96.5 Å². The number of esters is 1. The second-order valence-corrected chi connectivity index (χ2v) is 7.98. The van der Waals surface area contributed by atoms with E-state index in [2.05, 4.69) is 4.74 Å². The fraction of sp³-hybridized carbons (Fsp3) is 0.737. The monoisotopic (exact) mass is 472 g/mol. The average molecular weight is 472 g/mol. The van der Waals surface area contributed by atoms with Crippen molar-refractivity contribution in [3.8, 4) is 0 Å². The van der Waals surface area contributed by atoms with Crippen LogP contribution in [-0.2, 0) is 14.3 Å². The Morgan fingerprint density at radius 3 is 2.09 bits per heavy atom. The van der Waals surface area contributed by atoms with E-state index in [1.807, 2.05) is 18.0 Å². The van der Waals surface area contributed by atoms with Gasteiger partial charge in [-0.2, -0.15) is 30.9 Å². The number of halogens is 6. The van der Waals surface area contributed by atoms with E-state index < -0.39 is 30.5 Å². The lowest BCUT2D eigenvalue weighted by Crippen LogP contribution is -2.48. The van der Waals surface area contributed by atoms with Crippen LogP contribution < -0.4 is 0 Å². The Morgan fingerprint density at radius 1 is 1.06 bits per heavy atom. The number of carbonyl (C=O) groups excluding carboxylic acids is 2. The Morgan fingerprint density at radius 2 is 1.62 bits per heavy atom. The van der Waals surface area contributed by atoms with Crippen LogP contribution in [0.15, 0.2) is 11.8 Å². The zero-order valence-electron chi connectivity index (χ0n) is 17.5. The Balaban J connectivity index is 1.53. The van der Waals surface area contributed by atoms with Crippen molar-refractivity contribution in [1.82, 2.24) is 9.80 Å². The standard InChI is InChI=1S/C19H24F6N3O4/c1-3-27-10-13(14(27)15(29)31-4-2)7-26-5-11-8-28(9-12(11)6-26)17(30)32-16(18(20,21)22)19(23,24)25/h10-12,16H,3-9H2,1-2H3/q+1. The van der Waals surface area contributed by atoms with E-state index in [-0.39, 0.29) is 31.5 Å². The van der Waals surface area contributed by atoms with Gasteiger partial charge in [0.15, 0.2) is 6.20 Å². The van der Waals surface area contributed by atoms with Gasteiger partial charge in [0.25, 0.3) is 6.10 Å². The van der Waals surface area contributed by atoms with Gasteiger partial charge < -0.3 is 14.4 Å². The summed E-state index contributed by atoms with van der Waals surface area (Å²) in [5.74, 6) is -0.623. The van der Waals surface area contributed by atoms with Crippen LogP contribution in [0.3, 0.4) is 0 Å². The predicted octanol–water partition coefficient (Wildman–Crippen LogP) is 2.41. The Kier molecular flexibility index (Phi) is 6.78. The lowest BCUT2D eigenvalue weighted by atomic mass is 10.0. The van der Waals surface area contributed by atoms with Crippen molar-refractivity contribution in [2.45, 2.75) is 32.3 Å². The number of amides is 1. The van der Waals surface area contributed by atoms with Gasteiger partial charge in [0.05, 0.1) is 6.61 Å². The highest BCUT2D eigenvalue weighted by Gasteiger charge is 2.60. The third-order valence-electron chi connectivity index (χ3n) is 5.74. The normalized spacial score (nSPS) is 23.9. The number of carbonyl (C=O) groups is 2. The molecule has 3 aliphatic heterocycles. The van der Waals surface area contributed by atoms with Crippen LogP contribution in [0.2, 0.25) is 0 Å². The molecule has 180 valence electrons. The molecule has 3 heterocycles. The number of rotatable bonds is 6. The fourth-order valence-electron chi connectivity index (χ4n) is 4.35. The average Bonchev–Trinajstić information content (AvgIpc) is 3.19. The van der Waals surface area contributed by atoms with E-state index in [1.165, 1.54) is 0 Å². The Hall–Kier alpha value is -2.31. The van der Waals surface area contributed by atoms with Crippen LogP contribution in [0.1, 0.15) is 13.8 Å². The molecule has 3 rings (SSSR count). The number of hydrogen-bond acceptors (Lipinski definition) is 5. The lowest BCUT2D eigenvalue weighted by molar-refractivity contribution is -0.464. The minimum Gasteiger partial charge on any atom is -0.458 e. The molecule has 0 aromatic rings. The minimum atomic E-state index is -5.74. The van der Waals surface area contributed by atoms with Gasteiger partial charge in [0.1, 0.15) is 12.1 Å². The number of nitrogens with zero attached hydrogens (tertiary/aromatic N) is 3. The van der Waals surface area contributed by atoms with Gasteiger partial charge in [-0.25, -0.2) is 9.59 Å². The molecule has 13 heteroatoms. The summed E-state index contributed by atoms with van der Waals surface area (Å²) >= 11 is 0. The molecule has 0 radical (unpaired) electrons. The quantitative estimate of drug-likeness (QED) is 0.338. The highest BCUT2D eigenvalue weighted by atomic mass is 19.4. The second kappa shape index (κ2) is 8.91. The molecule has 2 saturated heterocycles. The first-order valence-corrected chi connectivity index (χ1v) is 10.2. The topological polar surface area (TPSA) is 62.1 Å². The minimum absolute atomic E-state index is 0.0109. The summed E-state index contributed by atoms with van der Waals surface area (Å²) in [6, 6.07) is 0. The molecule has 0 N–H and O–H groups in total. The lowest BCUT2D eigenvalue weighted by Gasteiger charge is -2.26. The summed E-state index contributed by atoms with van der Waals surface area (Å²) in [5.41, 5.74) is 1.29. The number of likely N-dealkylation sites (tertiary alicyclic amines) is 2. The molecule has 2 fully saturated rings. The fourth-order valence-corrected chi connectivity index (χ4v) is 4.35. The van der Waals surface area contributed by atoms with Crippen LogP contribution in [0.5, 0.6) is 0 Å². The molecule has 7 nitrogen and oxygen atoms in total. The summed E-state index contributed by atoms with van der Waals surface area (Å²) in [6.07, 6.45) is -15.4. The summed E-state index contributed by atoms with van der Waals surface area (Å²) < 4.78 is 86.4. The van der Waals surface area contributed by atoms with Gasteiger partial charge in [-0.3, -0.25) is 4.90 Å². The molecule has 2 atom stereocenters. The zero-order chi connectivity index (χ0) is 23.8. The maximum Gasteiger partial charge on any atom is 0.434 e. The predicted molar refractivity (Wildman–Crippen MR) is 97.9 cm³/mol. The molecule has 0 bridgehead atoms. The summed E-state index contributed by atoms with van der Waals surface area (Å²) in [6.45, 7) is 5.93. The highest BCUT2D eigenvalue weighted by molar-refractivity contribution is 6.42. The van der Waals surface area contributed by atoms with E-state index in [1.54, 1.807) is 11.5 Å². The first kappa shape index (κ1) is 24.3. The second-order valence-electron chi connectivity index (χ2n) is 7.98. The maximum absolute atomic E-state index is 12.6. The molecule has 3 aliphatic rings. The maximum atomic E-state index is 12.6. The third kappa shape index (κ3) is 5.02. The largest absolute Gasteiger partial charge is 0.458 e. The van der Waals surface area contributed by atoms with Gasteiger partial charge in [-0.15, -0.1) is 0 Å². The van der Waals surface area contributed by atoms with Crippen molar-refractivity contribution in [2.75, 3.05) is 45.9 Å². The Bertz CT molecular complexity index is 795. The van der Waals surface area contributed by atoms with Crippen molar-refractivity contribution in [3.05, 3.63) is 11.8 Å². The van der Waals surface area contributed by atoms with Crippen molar-refractivity contribution in [2.24, 2.45) is 11.8 Å². The molecule has 0 aliphatic carbocycles. The van der Waals surface area contributed by atoms with Gasteiger partial charge in [-0.1, -0.05) is 0 Å². The van der Waals surface area contributed by atoms with E-state index in [0.717, 1.165) is 10.5 Å². The molecule has 1 amide bonds. The molecule has 0 aromatic carbocycles. The zero-order valence-corrected chi connectivity index (χ0v) is 17.5. The molecular formula is C19H24F6N3O4+. The van der Waals surface area contributed by atoms with Crippen molar-refractivity contribution in [3.63, 3.8) is 0 Å². The van der Waals surface area contributed by atoms with Gasteiger partial charge >= 0.3 is 30.1 Å². The van der Waals surface area contributed by atoms with Crippen molar-refractivity contribution in [1.29, 1.82) is 0 Å². The van der Waals surface area contributed by atoms with Crippen LogP contribution in [0, 0.1) is 11.8 Å². The summed E-state index contributed by atoms with van der Waals surface area (Å²) in [5, 5.41) is 0. The SMILES string of the molecule is CCOC(=O)C1=[N+](CC)C=C1CN1CC2CN(C(=O)OC(C(F)(F)F)C(F)(F)F)CC2C1. The number of alkyl halides is 6.